The molecule has 0 bridgehead atoms. The average molecular weight is 550 g/mol. The average Bonchev–Trinajstić information content (AvgIpc) is 2.85. The fourth-order valence-corrected chi connectivity index (χ4v) is 6.21. The topological polar surface area (TPSA) is 121 Å². The number of sulfonamides is 2. The highest BCUT2D eigenvalue weighted by molar-refractivity contribution is 7.93. The molecule has 0 fully saturated rings. The van der Waals surface area contributed by atoms with E-state index in [4.69, 9.17) is 0 Å². The van der Waals surface area contributed by atoms with E-state index in [0.29, 0.717) is 22.6 Å². The molecule has 4 rings (SSSR count). The molecule has 0 saturated heterocycles. The number of nitrogens with one attached hydrogen (secondary N) is 3. The molecule has 0 heterocycles. The first kappa shape index (κ1) is 26.9. The van der Waals surface area contributed by atoms with Crippen molar-refractivity contribution in [2.45, 2.75) is 30.6 Å². The Balaban J connectivity index is 1.50. The Bertz CT molecular complexity index is 1720. The van der Waals surface area contributed by atoms with Gasteiger partial charge in [-0.2, -0.15) is 0 Å². The molecule has 0 radical (unpaired) electrons. The Hall–Kier alpha value is -4.15. The molecule has 0 atom stereocenters. The maximum Gasteiger partial charge on any atom is 0.262 e. The molecule has 0 saturated carbocycles. The molecule has 0 aromatic heterocycles. The van der Waals surface area contributed by atoms with Crippen LogP contribution in [0.5, 0.6) is 0 Å². The van der Waals surface area contributed by atoms with Crippen LogP contribution in [0, 0.1) is 20.8 Å². The van der Waals surface area contributed by atoms with Gasteiger partial charge in [-0.25, -0.2) is 16.8 Å². The summed E-state index contributed by atoms with van der Waals surface area (Å²) in [5.74, 6) is -0.536. The molecule has 1 amide bonds. The zero-order chi connectivity index (χ0) is 27.5. The van der Waals surface area contributed by atoms with Crippen molar-refractivity contribution in [1.82, 2.24) is 0 Å². The molecule has 4 aromatic rings. The van der Waals surface area contributed by atoms with Crippen LogP contribution in [-0.2, 0) is 20.0 Å². The van der Waals surface area contributed by atoms with Crippen molar-refractivity contribution in [3.8, 4) is 0 Å². The van der Waals surface area contributed by atoms with Crippen LogP contribution < -0.4 is 14.8 Å². The lowest BCUT2D eigenvalue weighted by atomic mass is 10.1. The number of carbonyl (C=O) groups is 1. The Morgan fingerprint density at radius 2 is 1.34 bits per heavy atom. The normalized spacial score (nSPS) is 11.6. The second-order valence-corrected chi connectivity index (χ2v) is 12.2. The molecular formula is C28H27N3O5S2. The van der Waals surface area contributed by atoms with E-state index in [-0.39, 0.29) is 15.4 Å². The summed E-state index contributed by atoms with van der Waals surface area (Å²) in [5, 5.41) is 2.68. The van der Waals surface area contributed by atoms with Crippen molar-refractivity contribution < 1.29 is 21.6 Å². The van der Waals surface area contributed by atoms with E-state index in [1.54, 1.807) is 56.3 Å². The van der Waals surface area contributed by atoms with Crippen LogP contribution in [0.4, 0.5) is 17.1 Å². The van der Waals surface area contributed by atoms with Crippen LogP contribution in [-0.4, -0.2) is 22.7 Å². The molecule has 0 spiro atoms. The van der Waals surface area contributed by atoms with Crippen LogP contribution in [0.2, 0.25) is 0 Å². The van der Waals surface area contributed by atoms with E-state index >= 15 is 0 Å². The zero-order valence-corrected chi connectivity index (χ0v) is 22.7. The Labute approximate surface area is 222 Å². The van der Waals surface area contributed by atoms with Gasteiger partial charge in [-0.15, -0.1) is 0 Å². The molecule has 38 heavy (non-hydrogen) atoms. The summed E-state index contributed by atoms with van der Waals surface area (Å²) in [7, 11) is -7.77. The van der Waals surface area contributed by atoms with Gasteiger partial charge >= 0.3 is 0 Å². The third-order valence-corrected chi connectivity index (χ3v) is 8.73. The molecule has 10 heteroatoms. The molecule has 0 aliphatic carbocycles. The maximum atomic E-state index is 13.1. The van der Waals surface area contributed by atoms with Gasteiger partial charge < -0.3 is 5.32 Å². The third kappa shape index (κ3) is 6.21. The summed E-state index contributed by atoms with van der Waals surface area (Å²) in [6.07, 6.45) is 0. The number of hydrogen-bond acceptors (Lipinski definition) is 5. The highest BCUT2D eigenvalue weighted by Crippen LogP contribution is 2.24. The number of aryl methyl sites for hydroxylation is 3. The largest absolute Gasteiger partial charge is 0.322 e. The molecule has 3 N–H and O–H groups in total. The predicted octanol–water partition coefficient (Wildman–Crippen LogP) is 5.47. The van der Waals surface area contributed by atoms with E-state index in [0.717, 1.165) is 11.1 Å². The van der Waals surface area contributed by atoms with E-state index in [9.17, 15) is 21.6 Å². The van der Waals surface area contributed by atoms with Gasteiger partial charge in [-0.05, 0) is 92.1 Å². The molecule has 196 valence electrons. The van der Waals surface area contributed by atoms with Gasteiger partial charge in [-0.1, -0.05) is 36.4 Å². The smallest absolute Gasteiger partial charge is 0.262 e. The molecule has 8 nitrogen and oxygen atoms in total. The third-order valence-electron chi connectivity index (χ3n) is 5.82. The van der Waals surface area contributed by atoms with Crippen molar-refractivity contribution in [2.24, 2.45) is 0 Å². The maximum absolute atomic E-state index is 13.1. The molecule has 4 aromatic carbocycles. The van der Waals surface area contributed by atoms with E-state index < -0.39 is 26.0 Å². The molecule has 0 aliphatic rings. The molecular weight excluding hydrogens is 522 g/mol. The van der Waals surface area contributed by atoms with Crippen LogP contribution in [0.3, 0.4) is 0 Å². The standard InChI is InChI=1S/C28H27N3O5S2/c1-19-7-6-9-24(17-19)30-37(33,34)25-15-13-23(14-16-25)29-28(32)22-12-11-21(3)27(18-22)38(35,36)31-26-10-5-4-8-20(26)2/h4-18,30-31H,1-3H3,(H,29,32). The van der Waals surface area contributed by atoms with Crippen LogP contribution in [0.25, 0.3) is 0 Å². The van der Waals surface area contributed by atoms with E-state index in [1.165, 1.54) is 36.4 Å². The minimum Gasteiger partial charge on any atom is -0.322 e. The Morgan fingerprint density at radius 3 is 2.03 bits per heavy atom. The van der Waals surface area contributed by atoms with Crippen molar-refractivity contribution in [2.75, 3.05) is 14.8 Å². The highest BCUT2D eigenvalue weighted by Gasteiger charge is 2.20. The summed E-state index contributed by atoms with van der Waals surface area (Å²) in [4.78, 5) is 12.9. The summed E-state index contributed by atoms with van der Waals surface area (Å²) in [6, 6.07) is 24.1. The van der Waals surface area contributed by atoms with Gasteiger partial charge in [0.2, 0.25) is 0 Å². The minimum absolute atomic E-state index is 0.0166. The van der Waals surface area contributed by atoms with Gasteiger partial charge in [-0.3, -0.25) is 14.2 Å². The fraction of sp³-hybridized carbons (Fsp3) is 0.107. The fourth-order valence-electron chi connectivity index (χ4n) is 3.76. The number of para-hydroxylation sites is 1. The number of benzene rings is 4. The van der Waals surface area contributed by atoms with Gasteiger partial charge in [0.1, 0.15) is 0 Å². The highest BCUT2D eigenvalue weighted by atomic mass is 32.2. The lowest BCUT2D eigenvalue weighted by Crippen LogP contribution is -2.17. The van der Waals surface area contributed by atoms with Crippen molar-refractivity contribution in [3.63, 3.8) is 0 Å². The summed E-state index contributed by atoms with van der Waals surface area (Å²) in [6.45, 7) is 5.31. The SMILES string of the molecule is Cc1cccc(NS(=O)(=O)c2ccc(NC(=O)c3ccc(C)c(S(=O)(=O)Nc4ccccc4C)c3)cc2)c1. The van der Waals surface area contributed by atoms with Crippen LogP contribution >= 0.6 is 0 Å². The second-order valence-electron chi connectivity index (χ2n) is 8.85. The lowest BCUT2D eigenvalue weighted by Gasteiger charge is -2.14. The number of anilines is 3. The van der Waals surface area contributed by atoms with Crippen LogP contribution in [0.1, 0.15) is 27.0 Å². The van der Waals surface area contributed by atoms with Gasteiger partial charge in [0.05, 0.1) is 15.5 Å². The van der Waals surface area contributed by atoms with Crippen molar-refractivity contribution in [1.29, 1.82) is 0 Å². The summed E-state index contributed by atoms with van der Waals surface area (Å²) in [5.41, 5.74) is 3.56. The number of carbonyl (C=O) groups excluding carboxylic acids is 1. The van der Waals surface area contributed by atoms with Crippen molar-refractivity contribution in [3.05, 3.63) is 113 Å². The van der Waals surface area contributed by atoms with Gasteiger partial charge in [0, 0.05) is 16.9 Å². The minimum atomic E-state index is -3.95. The van der Waals surface area contributed by atoms with Gasteiger partial charge in [0.15, 0.2) is 0 Å². The zero-order valence-electron chi connectivity index (χ0n) is 21.0. The van der Waals surface area contributed by atoms with E-state index in [1.807, 2.05) is 19.1 Å². The molecule has 0 unspecified atom stereocenters. The first-order chi connectivity index (χ1) is 17.9. The van der Waals surface area contributed by atoms with Gasteiger partial charge in [0.25, 0.3) is 26.0 Å². The quantitative estimate of drug-likeness (QED) is 0.269. The first-order valence-corrected chi connectivity index (χ1v) is 14.6. The van der Waals surface area contributed by atoms with Crippen LogP contribution in [0.15, 0.2) is 101 Å². The number of rotatable bonds is 8. The number of amides is 1. The monoisotopic (exact) mass is 549 g/mol. The first-order valence-electron chi connectivity index (χ1n) is 11.6. The summed E-state index contributed by atoms with van der Waals surface area (Å²) >= 11 is 0. The number of hydrogen-bond donors (Lipinski definition) is 3. The Kier molecular flexibility index (Phi) is 7.56. The lowest BCUT2D eigenvalue weighted by molar-refractivity contribution is 0.102. The van der Waals surface area contributed by atoms with Crippen molar-refractivity contribution >= 4 is 43.0 Å². The second kappa shape index (κ2) is 10.7. The Morgan fingerprint density at radius 1 is 0.632 bits per heavy atom. The summed E-state index contributed by atoms with van der Waals surface area (Å²) < 4.78 is 56.7. The predicted molar refractivity (Wildman–Crippen MR) is 150 cm³/mol. The molecule has 0 aliphatic heterocycles. The van der Waals surface area contributed by atoms with E-state index in [2.05, 4.69) is 14.8 Å².